The summed E-state index contributed by atoms with van der Waals surface area (Å²) in [6, 6.07) is 15.7. The maximum Gasteiger partial charge on any atom is 0.159 e. The summed E-state index contributed by atoms with van der Waals surface area (Å²) in [5.41, 5.74) is 3.18. The summed E-state index contributed by atoms with van der Waals surface area (Å²) in [6.45, 7) is 4.34. The molecule has 0 spiro atoms. The zero-order valence-corrected chi connectivity index (χ0v) is 15.7. The summed E-state index contributed by atoms with van der Waals surface area (Å²) in [5, 5.41) is 12.6. The van der Waals surface area contributed by atoms with Crippen molar-refractivity contribution in [2.24, 2.45) is 5.92 Å². The molecule has 0 radical (unpaired) electrons. The van der Waals surface area contributed by atoms with E-state index in [1.54, 1.807) is 18.2 Å². The van der Waals surface area contributed by atoms with Crippen molar-refractivity contribution in [2.75, 3.05) is 29.9 Å². The molecular formula is C20H20BrN3O. The van der Waals surface area contributed by atoms with Crippen molar-refractivity contribution in [3.05, 3.63) is 58.1 Å². The number of rotatable bonds is 5. The summed E-state index contributed by atoms with van der Waals surface area (Å²) < 4.78 is 1.09. The molecule has 1 unspecified atom stereocenters. The third-order valence-electron chi connectivity index (χ3n) is 4.59. The molecule has 1 heterocycles. The molecule has 1 N–H and O–H groups in total. The number of hydrogen-bond acceptors (Lipinski definition) is 4. The molecule has 0 aliphatic carbocycles. The standard InChI is InChI=1S/C20H20BrN3O/c1-14(25)16-5-6-17(11-22)20(9-16)23-12-15-7-8-24(13-15)19-4-2-3-18(21)10-19/h2-6,9-10,15,23H,7-8,12-13H2,1H3. The topological polar surface area (TPSA) is 56.1 Å². The van der Waals surface area contributed by atoms with Crippen LogP contribution in [-0.2, 0) is 0 Å². The molecule has 3 rings (SSSR count). The Morgan fingerprint density at radius 3 is 2.92 bits per heavy atom. The Kier molecular flexibility index (Phi) is 5.40. The van der Waals surface area contributed by atoms with Crippen LogP contribution in [0.2, 0.25) is 0 Å². The monoisotopic (exact) mass is 397 g/mol. The molecule has 5 heteroatoms. The van der Waals surface area contributed by atoms with Gasteiger partial charge in [-0.15, -0.1) is 0 Å². The number of carbonyl (C=O) groups excluding carboxylic acids is 1. The minimum absolute atomic E-state index is 0.00855. The summed E-state index contributed by atoms with van der Waals surface area (Å²) in [4.78, 5) is 13.9. The number of nitrogens with zero attached hydrogens (tertiary/aromatic N) is 2. The van der Waals surface area contributed by atoms with Crippen LogP contribution >= 0.6 is 15.9 Å². The Hall–Kier alpha value is -2.32. The molecule has 1 fully saturated rings. The quantitative estimate of drug-likeness (QED) is 0.756. The van der Waals surface area contributed by atoms with Gasteiger partial charge in [0.15, 0.2) is 5.78 Å². The van der Waals surface area contributed by atoms with E-state index in [-0.39, 0.29) is 5.78 Å². The summed E-state index contributed by atoms with van der Waals surface area (Å²) in [5.74, 6) is 0.515. The van der Waals surface area contributed by atoms with E-state index in [1.807, 2.05) is 6.07 Å². The molecular weight excluding hydrogens is 378 g/mol. The minimum atomic E-state index is 0.00855. The first-order chi connectivity index (χ1) is 12.1. The molecule has 0 bridgehead atoms. The molecule has 0 amide bonds. The van der Waals surface area contributed by atoms with Gasteiger partial charge in [0.05, 0.1) is 11.3 Å². The van der Waals surface area contributed by atoms with E-state index in [1.165, 1.54) is 12.6 Å². The Bertz CT molecular complexity index is 828. The molecule has 25 heavy (non-hydrogen) atoms. The number of hydrogen-bond donors (Lipinski definition) is 1. The smallest absolute Gasteiger partial charge is 0.159 e. The number of nitriles is 1. The van der Waals surface area contributed by atoms with E-state index in [2.05, 4.69) is 50.4 Å². The number of nitrogens with one attached hydrogen (secondary N) is 1. The molecule has 4 nitrogen and oxygen atoms in total. The van der Waals surface area contributed by atoms with Crippen LogP contribution in [0.15, 0.2) is 46.9 Å². The molecule has 1 aliphatic heterocycles. The SMILES string of the molecule is CC(=O)c1ccc(C#N)c(NCC2CCN(c3cccc(Br)c3)C2)c1. The average molecular weight is 398 g/mol. The van der Waals surface area contributed by atoms with Gasteiger partial charge in [-0.1, -0.05) is 22.0 Å². The van der Waals surface area contributed by atoms with Gasteiger partial charge in [0.2, 0.25) is 0 Å². The molecule has 1 saturated heterocycles. The Morgan fingerprint density at radius 1 is 1.36 bits per heavy atom. The van der Waals surface area contributed by atoms with Crippen molar-refractivity contribution < 1.29 is 4.79 Å². The van der Waals surface area contributed by atoms with Crippen molar-refractivity contribution in [3.8, 4) is 6.07 Å². The summed E-state index contributed by atoms with van der Waals surface area (Å²) >= 11 is 3.52. The van der Waals surface area contributed by atoms with Crippen LogP contribution in [0, 0.1) is 17.2 Å². The van der Waals surface area contributed by atoms with Gasteiger partial charge in [0.25, 0.3) is 0 Å². The first-order valence-corrected chi connectivity index (χ1v) is 9.15. The average Bonchev–Trinajstić information content (AvgIpc) is 3.08. The fourth-order valence-electron chi connectivity index (χ4n) is 3.17. The van der Waals surface area contributed by atoms with Gasteiger partial charge in [0.1, 0.15) is 6.07 Å². The van der Waals surface area contributed by atoms with Crippen molar-refractivity contribution in [1.82, 2.24) is 0 Å². The minimum Gasteiger partial charge on any atom is -0.384 e. The number of benzene rings is 2. The Morgan fingerprint density at radius 2 is 2.20 bits per heavy atom. The highest BCUT2D eigenvalue weighted by Gasteiger charge is 2.23. The van der Waals surface area contributed by atoms with Crippen molar-refractivity contribution in [3.63, 3.8) is 0 Å². The van der Waals surface area contributed by atoms with Crippen molar-refractivity contribution >= 4 is 33.1 Å². The first-order valence-electron chi connectivity index (χ1n) is 8.36. The zero-order chi connectivity index (χ0) is 17.8. The van der Waals surface area contributed by atoms with Crippen LogP contribution < -0.4 is 10.2 Å². The second kappa shape index (κ2) is 7.71. The third-order valence-corrected chi connectivity index (χ3v) is 5.08. The number of carbonyl (C=O) groups is 1. The predicted molar refractivity (Wildman–Crippen MR) is 104 cm³/mol. The van der Waals surface area contributed by atoms with Crippen LogP contribution in [0.5, 0.6) is 0 Å². The lowest BCUT2D eigenvalue weighted by Crippen LogP contribution is -2.22. The van der Waals surface area contributed by atoms with Gasteiger partial charge in [-0.2, -0.15) is 5.26 Å². The van der Waals surface area contributed by atoms with Crippen LogP contribution in [0.1, 0.15) is 29.3 Å². The van der Waals surface area contributed by atoms with E-state index in [0.29, 0.717) is 17.0 Å². The molecule has 2 aromatic rings. The highest BCUT2D eigenvalue weighted by atomic mass is 79.9. The molecule has 2 aromatic carbocycles. The van der Waals surface area contributed by atoms with Crippen LogP contribution in [0.25, 0.3) is 0 Å². The lowest BCUT2D eigenvalue weighted by atomic mass is 10.1. The molecule has 128 valence electrons. The van der Waals surface area contributed by atoms with Gasteiger partial charge >= 0.3 is 0 Å². The highest BCUT2D eigenvalue weighted by Crippen LogP contribution is 2.27. The Labute approximate surface area is 156 Å². The fraction of sp³-hybridized carbons (Fsp3) is 0.300. The van der Waals surface area contributed by atoms with Crippen molar-refractivity contribution in [2.45, 2.75) is 13.3 Å². The third kappa shape index (κ3) is 4.21. The van der Waals surface area contributed by atoms with Crippen LogP contribution in [-0.4, -0.2) is 25.4 Å². The maximum atomic E-state index is 11.6. The normalized spacial score (nSPS) is 16.5. The molecule has 0 aromatic heterocycles. The van der Waals surface area contributed by atoms with E-state index in [0.717, 1.165) is 36.2 Å². The lowest BCUT2D eigenvalue weighted by molar-refractivity contribution is 0.101. The number of ketones is 1. The summed E-state index contributed by atoms with van der Waals surface area (Å²) in [7, 11) is 0. The molecule has 1 aliphatic rings. The van der Waals surface area contributed by atoms with Gasteiger partial charge in [-0.3, -0.25) is 4.79 Å². The Balaban J connectivity index is 1.64. The zero-order valence-electron chi connectivity index (χ0n) is 14.1. The van der Waals surface area contributed by atoms with E-state index < -0.39 is 0 Å². The largest absolute Gasteiger partial charge is 0.384 e. The van der Waals surface area contributed by atoms with E-state index >= 15 is 0 Å². The maximum absolute atomic E-state index is 11.6. The van der Waals surface area contributed by atoms with Crippen molar-refractivity contribution in [1.29, 1.82) is 5.26 Å². The van der Waals surface area contributed by atoms with Gasteiger partial charge in [-0.05, 0) is 55.7 Å². The molecule has 1 atom stereocenters. The first kappa shape index (κ1) is 17.5. The number of halogens is 1. The highest BCUT2D eigenvalue weighted by molar-refractivity contribution is 9.10. The van der Waals surface area contributed by atoms with E-state index in [9.17, 15) is 10.1 Å². The second-order valence-corrected chi connectivity index (χ2v) is 7.31. The fourth-order valence-corrected chi connectivity index (χ4v) is 3.56. The van der Waals surface area contributed by atoms with Crippen LogP contribution in [0.3, 0.4) is 0 Å². The van der Waals surface area contributed by atoms with Gasteiger partial charge in [-0.25, -0.2) is 0 Å². The second-order valence-electron chi connectivity index (χ2n) is 6.39. The van der Waals surface area contributed by atoms with Crippen LogP contribution in [0.4, 0.5) is 11.4 Å². The van der Waals surface area contributed by atoms with Gasteiger partial charge in [0, 0.05) is 35.4 Å². The van der Waals surface area contributed by atoms with E-state index in [4.69, 9.17) is 0 Å². The number of anilines is 2. The molecule has 0 saturated carbocycles. The van der Waals surface area contributed by atoms with Gasteiger partial charge < -0.3 is 10.2 Å². The number of Topliss-reactive ketones (excluding diaryl/α,β-unsaturated/α-hetero) is 1. The summed E-state index contributed by atoms with van der Waals surface area (Å²) in [6.07, 6.45) is 1.10. The lowest BCUT2D eigenvalue weighted by Gasteiger charge is -2.19. The predicted octanol–water partition coefficient (Wildman–Crippen LogP) is 4.46.